The summed E-state index contributed by atoms with van der Waals surface area (Å²) in [5, 5.41) is 13.4. The molecule has 5 rings (SSSR count). The first-order valence-electron chi connectivity index (χ1n) is 9.95. The number of oxime groups is 1. The van der Waals surface area contributed by atoms with Crippen LogP contribution in [0.1, 0.15) is 11.1 Å². The van der Waals surface area contributed by atoms with E-state index in [1.807, 2.05) is 48.5 Å². The minimum absolute atomic E-state index is 0.252. The van der Waals surface area contributed by atoms with Crippen molar-refractivity contribution in [2.45, 2.75) is 0 Å². The van der Waals surface area contributed by atoms with Gasteiger partial charge in [0.2, 0.25) is 5.94 Å². The van der Waals surface area contributed by atoms with Crippen molar-refractivity contribution in [3.05, 3.63) is 65.4 Å². The van der Waals surface area contributed by atoms with Crippen molar-refractivity contribution in [3.8, 4) is 0 Å². The predicted molar refractivity (Wildman–Crippen MR) is 118 cm³/mol. The van der Waals surface area contributed by atoms with Gasteiger partial charge in [0.1, 0.15) is 5.71 Å². The number of nitrogens with one attached hydrogen (secondary N) is 3. The zero-order chi connectivity index (χ0) is 21.4. The van der Waals surface area contributed by atoms with Crippen LogP contribution in [0.2, 0.25) is 0 Å². The van der Waals surface area contributed by atoms with Crippen LogP contribution in [0.15, 0.2) is 59.4 Å². The van der Waals surface area contributed by atoms with Gasteiger partial charge in [-0.05, 0) is 12.1 Å². The maximum Gasteiger partial charge on any atom is 0.258 e. The number of allylic oxidation sites excluding steroid dienone is 1. The van der Waals surface area contributed by atoms with Crippen molar-refractivity contribution >= 4 is 38.6 Å². The zero-order valence-electron chi connectivity index (χ0n) is 16.6. The number of sulfonamides is 1. The lowest BCUT2D eigenvalue weighted by Crippen LogP contribution is -2.47. The van der Waals surface area contributed by atoms with E-state index in [2.05, 4.69) is 21.1 Å². The lowest BCUT2D eigenvalue weighted by molar-refractivity contribution is -0.110. The molecule has 2 aromatic rings. The summed E-state index contributed by atoms with van der Waals surface area (Å²) in [5.74, 6) is -0.818. The van der Waals surface area contributed by atoms with Crippen LogP contribution in [0.4, 0.5) is 11.4 Å². The Kier molecular flexibility index (Phi) is 4.97. The fraction of sp³-hybridized carbons (Fsp3) is 0.238. The van der Waals surface area contributed by atoms with Crippen LogP contribution >= 0.6 is 0 Å². The van der Waals surface area contributed by atoms with E-state index in [-0.39, 0.29) is 5.91 Å². The Morgan fingerprint density at radius 3 is 2.32 bits per heavy atom. The molecule has 1 saturated heterocycles. The Morgan fingerprint density at radius 1 is 0.935 bits per heavy atom. The average Bonchev–Trinajstić information content (AvgIpc) is 3.30. The summed E-state index contributed by atoms with van der Waals surface area (Å²) in [5.41, 5.74) is 4.31. The third kappa shape index (κ3) is 3.58. The molecule has 0 aliphatic carbocycles. The molecule has 0 saturated carbocycles. The molecule has 0 bridgehead atoms. The lowest BCUT2D eigenvalue weighted by atomic mass is 10.0. The molecule has 3 aliphatic heterocycles. The monoisotopic (exact) mass is 439 g/mol. The number of para-hydroxylation sites is 2. The first-order chi connectivity index (χ1) is 15.0. The fourth-order valence-electron chi connectivity index (χ4n) is 3.92. The molecule has 1 amide bonds. The topological polar surface area (TPSA) is 112 Å². The number of fused-ring (bicyclic) bond motifs is 2. The van der Waals surface area contributed by atoms with Gasteiger partial charge in [0.05, 0.1) is 11.3 Å². The summed E-state index contributed by atoms with van der Waals surface area (Å²) < 4.78 is 26.5. The number of carbonyl (C=O) groups excluding carboxylic acids is 1. The average molecular weight is 439 g/mol. The van der Waals surface area contributed by atoms with E-state index >= 15 is 0 Å². The van der Waals surface area contributed by atoms with Crippen LogP contribution < -0.4 is 16.0 Å². The highest BCUT2D eigenvalue weighted by Gasteiger charge is 2.34. The molecule has 0 atom stereocenters. The molecule has 2 aromatic carbocycles. The van der Waals surface area contributed by atoms with Gasteiger partial charge in [-0.1, -0.05) is 41.6 Å². The van der Waals surface area contributed by atoms with Gasteiger partial charge < -0.3 is 20.8 Å². The Balaban J connectivity index is 1.50. The van der Waals surface area contributed by atoms with Crippen molar-refractivity contribution in [2.24, 2.45) is 5.16 Å². The summed E-state index contributed by atoms with van der Waals surface area (Å²) in [7, 11) is -3.60. The van der Waals surface area contributed by atoms with Crippen LogP contribution in [0.3, 0.4) is 0 Å². The van der Waals surface area contributed by atoms with Gasteiger partial charge in [0.15, 0.2) is 0 Å². The largest absolute Gasteiger partial charge is 0.377 e. The second-order valence-corrected chi connectivity index (χ2v) is 9.28. The molecule has 3 aliphatic rings. The Labute approximate surface area is 179 Å². The van der Waals surface area contributed by atoms with E-state index < -0.39 is 16.0 Å². The Morgan fingerprint density at radius 2 is 1.58 bits per heavy atom. The van der Waals surface area contributed by atoms with Crippen LogP contribution in [0.5, 0.6) is 0 Å². The van der Waals surface area contributed by atoms with Gasteiger partial charge in [-0.15, -0.1) is 0 Å². The number of nitrogens with zero attached hydrogens (tertiary/aromatic N) is 2. The SMILES string of the molecule is O=C1Nc2ccccc2/C1=C1/Nc2ccccc2/C1=N\OCS(=O)(=O)N1CCNCC1. The third-order valence-corrected chi connectivity index (χ3v) is 6.98. The quantitative estimate of drug-likeness (QED) is 0.490. The number of benzene rings is 2. The highest BCUT2D eigenvalue weighted by Crippen LogP contribution is 2.38. The van der Waals surface area contributed by atoms with Gasteiger partial charge in [-0.3, -0.25) is 4.79 Å². The number of amides is 1. The van der Waals surface area contributed by atoms with Crippen LogP contribution in [-0.2, 0) is 19.7 Å². The zero-order valence-corrected chi connectivity index (χ0v) is 17.4. The molecule has 10 heteroatoms. The van der Waals surface area contributed by atoms with Crippen LogP contribution in [0.25, 0.3) is 5.57 Å². The first-order valence-corrected chi connectivity index (χ1v) is 11.6. The van der Waals surface area contributed by atoms with Gasteiger partial charge >= 0.3 is 0 Å². The van der Waals surface area contributed by atoms with E-state index in [0.717, 1.165) is 16.8 Å². The normalized spacial score (nSPS) is 22.1. The Bertz CT molecular complexity index is 1220. The minimum Gasteiger partial charge on any atom is -0.377 e. The molecular weight excluding hydrogens is 418 g/mol. The van der Waals surface area contributed by atoms with Crippen molar-refractivity contribution < 1.29 is 18.0 Å². The molecular formula is C21H21N5O4S. The fourth-order valence-corrected chi connectivity index (χ4v) is 5.00. The number of anilines is 2. The lowest BCUT2D eigenvalue weighted by Gasteiger charge is -2.25. The highest BCUT2D eigenvalue weighted by atomic mass is 32.2. The van der Waals surface area contributed by atoms with E-state index in [9.17, 15) is 13.2 Å². The molecule has 9 nitrogen and oxygen atoms in total. The number of piperazine rings is 1. The van der Waals surface area contributed by atoms with Gasteiger partial charge in [0, 0.05) is 48.7 Å². The summed E-state index contributed by atoms with van der Waals surface area (Å²) in [6.45, 7) is 2.02. The summed E-state index contributed by atoms with van der Waals surface area (Å²) >= 11 is 0. The molecule has 3 N–H and O–H groups in total. The second kappa shape index (κ2) is 7.80. The van der Waals surface area contributed by atoms with E-state index in [4.69, 9.17) is 4.84 Å². The van der Waals surface area contributed by atoms with Crippen molar-refractivity contribution in [1.82, 2.24) is 9.62 Å². The highest BCUT2D eigenvalue weighted by molar-refractivity contribution is 7.88. The van der Waals surface area contributed by atoms with Crippen molar-refractivity contribution in [1.29, 1.82) is 0 Å². The van der Waals surface area contributed by atoms with Crippen LogP contribution in [0, 0.1) is 0 Å². The second-order valence-electron chi connectivity index (χ2n) is 7.37. The van der Waals surface area contributed by atoms with Crippen molar-refractivity contribution in [2.75, 3.05) is 42.8 Å². The Hall–Kier alpha value is -3.21. The smallest absolute Gasteiger partial charge is 0.258 e. The molecule has 0 unspecified atom stereocenters. The molecule has 160 valence electrons. The molecule has 31 heavy (non-hydrogen) atoms. The molecule has 3 heterocycles. The minimum atomic E-state index is -3.60. The van der Waals surface area contributed by atoms with Gasteiger partial charge in [-0.25, -0.2) is 8.42 Å². The molecule has 0 spiro atoms. The molecule has 1 fully saturated rings. The maximum absolute atomic E-state index is 12.7. The van der Waals surface area contributed by atoms with Crippen molar-refractivity contribution in [3.63, 3.8) is 0 Å². The molecule has 0 radical (unpaired) electrons. The summed E-state index contributed by atoms with van der Waals surface area (Å²) in [4.78, 5) is 18.1. The first kappa shape index (κ1) is 19.7. The number of carbonyl (C=O) groups is 1. The number of hydrogen-bond donors (Lipinski definition) is 3. The van der Waals surface area contributed by atoms with Crippen LogP contribution in [-0.4, -0.2) is 56.5 Å². The van der Waals surface area contributed by atoms with E-state index in [0.29, 0.717) is 48.8 Å². The molecule has 0 aromatic heterocycles. The maximum atomic E-state index is 12.7. The van der Waals surface area contributed by atoms with Gasteiger partial charge in [-0.2, -0.15) is 4.31 Å². The van der Waals surface area contributed by atoms with Gasteiger partial charge in [0.25, 0.3) is 15.9 Å². The third-order valence-electron chi connectivity index (χ3n) is 5.43. The predicted octanol–water partition coefficient (Wildman–Crippen LogP) is 1.39. The summed E-state index contributed by atoms with van der Waals surface area (Å²) in [6.07, 6.45) is 0. The number of rotatable bonds is 4. The summed E-state index contributed by atoms with van der Waals surface area (Å²) in [6, 6.07) is 14.8. The standard InChI is InChI=1S/C21H21N5O4S/c27-21-18(14-5-1-3-7-16(14)24-21)20-19(15-6-2-4-8-17(15)23-20)25-30-13-31(28,29)26-11-9-22-10-12-26/h1-8,22-23H,9-13H2,(H,24,27)/b20-18-,25-19+. The van der Waals surface area contributed by atoms with E-state index in [1.165, 1.54) is 4.31 Å². The van der Waals surface area contributed by atoms with E-state index in [1.54, 1.807) is 0 Å². The number of hydrogen-bond acceptors (Lipinski definition) is 7.